The van der Waals surface area contributed by atoms with Crippen molar-refractivity contribution < 1.29 is 14.1 Å². The number of nitrogens with zero attached hydrogens (tertiary/aromatic N) is 2. The van der Waals surface area contributed by atoms with E-state index in [0.717, 1.165) is 4.90 Å². The Kier molecular flexibility index (Phi) is 4.46. The molecule has 0 aliphatic heterocycles. The molecule has 0 spiro atoms. The normalized spacial score (nSPS) is 9.88. The second-order valence-electron chi connectivity index (χ2n) is 3.19. The van der Waals surface area contributed by atoms with Crippen LogP contribution in [0.25, 0.3) is 0 Å². The minimum atomic E-state index is -0.545. The molecule has 3 N–H and O–H groups in total. The molecule has 0 aliphatic rings. The molecule has 7 nitrogen and oxygen atoms in total. The van der Waals surface area contributed by atoms with Crippen molar-refractivity contribution in [2.75, 3.05) is 18.4 Å². The summed E-state index contributed by atoms with van der Waals surface area (Å²) in [5, 5.41) is 6.01. The maximum Gasteiger partial charge on any atom is 0.329 e. The van der Waals surface area contributed by atoms with E-state index in [-0.39, 0.29) is 12.4 Å². The molecule has 0 saturated carbocycles. The van der Waals surface area contributed by atoms with Crippen molar-refractivity contribution in [3.63, 3.8) is 0 Å². The SMILES string of the molecule is Cc1cc(NC(=O)N(C=O)CCCN)no1. The van der Waals surface area contributed by atoms with E-state index in [1.165, 1.54) is 0 Å². The largest absolute Gasteiger partial charge is 0.360 e. The first kappa shape index (κ1) is 12.2. The van der Waals surface area contributed by atoms with Crippen LogP contribution < -0.4 is 11.1 Å². The van der Waals surface area contributed by atoms with Crippen LogP contribution in [0.5, 0.6) is 0 Å². The molecule has 0 fully saturated rings. The van der Waals surface area contributed by atoms with Gasteiger partial charge in [-0.3, -0.25) is 15.0 Å². The van der Waals surface area contributed by atoms with Crippen molar-refractivity contribution >= 4 is 18.3 Å². The zero-order valence-corrected chi connectivity index (χ0v) is 8.97. The van der Waals surface area contributed by atoms with Crippen LogP contribution in [0.2, 0.25) is 0 Å². The number of carbonyl (C=O) groups is 2. The van der Waals surface area contributed by atoms with Crippen molar-refractivity contribution in [3.8, 4) is 0 Å². The van der Waals surface area contributed by atoms with Gasteiger partial charge in [-0.05, 0) is 19.9 Å². The molecule has 88 valence electrons. The molecular formula is C9H14N4O3. The molecule has 0 unspecified atom stereocenters. The summed E-state index contributed by atoms with van der Waals surface area (Å²) in [5.41, 5.74) is 5.29. The molecule has 1 aromatic rings. The average Bonchev–Trinajstić information content (AvgIpc) is 2.65. The molecule has 3 amide bonds. The number of carbonyl (C=O) groups excluding carboxylic acids is 2. The van der Waals surface area contributed by atoms with Gasteiger partial charge in [0.2, 0.25) is 6.41 Å². The minimum Gasteiger partial charge on any atom is -0.360 e. The lowest BCUT2D eigenvalue weighted by Gasteiger charge is -2.14. The van der Waals surface area contributed by atoms with E-state index in [0.29, 0.717) is 25.1 Å². The predicted molar refractivity (Wildman–Crippen MR) is 56.7 cm³/mol. The quantitative estimate of drug-likeness (QED) is 0.704. The van der Waals surface area contributed by atoms with Crippen LogP contribution in [0.15, 0.2) is 10.6 Å². The number of amides is 3. The molecule has 1 heterocycles. The molecular weight excluding hydrogens is 212 g/mol. The van der Waals surface area contributed by atoms with Gasteiger partial charge in [-0.15, -0.1) is 0 Å². The third kappa shape index (κ3) is 3.35. The summed E-state index contributed by atoms with van der Waals surface area (Å²) in [5.74, 6) is 0.858. The Balaban J connectivity index is 2.52. The van der Waals surface area contributed by atoms with E-state index in [2.05, 4.69) is 10.5 Å². The monoisotopic (exact) mass is 226 g/mol. The molecule has 0 saturated heterocycles. The van der Waals surface area contributed by atoms with Crippen molar-refractivity contribution in [1.29, 1.82) is 0 Å². The Morgan fingerprint density at radius 2 is 2.50 bits per heavy atom. The summed E-state index contributed by atoms with van der Waals surface area (Å²) >= 11 is 0. The van der Waals surface area contributed by atoms with E-state index >= 15 is 0 Å². The van der Waals surface area contributed by atoms with Crippen molar-refractivity contribution in [3.05, 3.63) is 11.8 Å². The lowest BCUT2D eigenvalue weighted by Crippen LogP contribution is -2.35. The van der Waals surface area contributed by atoms with Crippen molar-refractivity contribution in [2.24, 2.45) is 5.73 Å². The molecule has 0 atom stereocenters. The van der Waals surface area contributed by atoms with E-state index in [9.17, 15) is 9.59 Å². The number of aromatic nitrogens is 1. The Morgan fingerprint density at radius 1 is 1.75 bits per heavy atom. The van der Waals surface area contributed by atoms with Crippen molar-refractivity contribution in [2.45, 2.75) is 13.3 Å². The van der Waals surface area contributed by atoms with Crippen LogP contribution >= 0.6 is 0 Å². The fourth-order valence-corrected chi connectivity index (χ4v) is 1.07. The Hall–Kier alpha value is -1.89. The molecule has 0 aliphatic carbocycles. The number of anilines is 1. The highest BCUT2D eigenvalue weighted by atomic mass is 16.5. The van der Waals surface area contributed by atoms with Crippen LogP contribution in [0.1, 0.15) is 12.2 Å². The lowest BCUT2D eigenvalue weighted by molar-refractivity contribution is -0.115. The molecule has 7 heteroatoms. The zero-order valence-electron chi connectivity index (χ0n) is 8.97. The number of hydrogen-bond donors (Lipinski definition) is 2. The summed E-state index contributed by atoms with van der Waals surface area (Å²) in [6, 6.07) is 1.01. The summed E-state index contributed by atoms with van der Waals surface area (Å²) in [6.07, 6.45) is 1.02. The molecule has 1 rings (SSSR count). The van der Waals surface area contributed by atoms with Gasteiger partial charge in [-0.2, -0.15) is 0 Å². The van der Waals surface area contributed by atoms with Gasteiger partial charge in [0.15, 0.2) is 5.82 Å². The molecule has 16 heavy (non-hydrogen) atoms. The fraction of sp³-hybridized carbons (Fsp3) is 0.444. The number of nitrogens with one attached hydrogen (secondary N) is 1. The standard InChI is InChI=1S/C9H14N4O3/c1-7-5-8(12-16-7)11-9(15)13(6-14)4-2-3-10/h5-6H,2-4,10H2,1H3,(H,11,12,15). The van der Waals surface area contributed by atoms with Gasteiger partial charge in [0, 0.05) is 12.6 Å². The molecule has 0 aromatic carbocycles. The number of hydrogen-bond acceptors (Lipinski definition) is 5. The summed E-state index contributed by atoms with van der Waals surface area (Å²) in [6.45, 7) is 2.40. The average molecular weight is 226 g/mol. The van der Waals surface area contributed by atoms with Crippen LogP contribution in [-0.4, -0.2) is 35.6 Å². The van der Waals surface area contributed by atoms with E-state index in [4.69, 9.17) is 10.3 Å². The third-order valence-corrected chi connectivity index (χ3v) is 1.85. The summed E-state index contributed by atoms with van der Waals surface area (Å²) < 4.78 is 4.77. The maximum atomic E-state index is 11.5. The highest BCUT2D eigenvalue weighted by Crippen LogP contribution is 2.07. The van der Waals surface area contributed by atoms with Gasteiger partial charge < -0.3 is 10.3 Å². The fourth-order valence-electron chi connectivity index (χ4n) is 1.07. The van der Waals surface area contributed by atoms with Gasteiger partial charge in [-0.25, -0.2) is 4.79 Å². The Bertz CT molecular complexity index is 363. The second-order valence-corrected chi connectivity index (χ2v) is 3.19. The number of nitrogens with two attached hydrogens (primary N) is 1. The first-order valence-corrected chi connectivity index (χ1v) is 4.83. The molecule has 0 radical (unpaired) electrons. The van der Waals surface area contributed by atoms with Crippen LogP contribution in [0, 0.1) is 6.92 Å². The molecule has 1 aromatic heterocycles. The highest BCUT2D eigenvalue weighted by Gasteiger charge is 2.13. The smallest absolute Gasteiger partial charge is 0.329 e. The minimum absolute atomic E-state index is 0.280. The van der Waals surface area contributed by atoms with Crippen LogP contribution in [0.3, 0.4) is 0 Å². The third-order valence-electron chi connectivity index (χ3n) is 1.85. The van der Waals surface area contributed by atoms with Gasteiger partial charge >= 0.3 is 6.03 Å². The van der Waals surface area contributed by atoms with E-state index in [1.807, 2.05) is 0 Å². The first-order valence-electron chi connectivity index (χ1n) is 4.83. The van der Waals surface area contributed by atoms with E-state index < -0.39 is 6.03 Å². The van der Waals surface area contributed by atoms with Gasteiger partial charge in [0.05, 0.1) is 0 Å². The van der Waals surface area contributed by atoms with E-state index in [1.54, 1.807) is 13.0 Å². The maximum absolute atomic E-state index is 11.5. The zero-order chi connectivity index (χ0) is 12.0. The topological polar surface area (TPSA) is 101 Å². The first-order chi connectivity index (χ1) is 7.67. The lowest BCUT2D eigenvalue weighted by atomic mass is 10.4. The van der Waals surface area contributed by atoms with Crippen molar-refractivity contribution in [1.82, 2.24) is 10.1 Å². The second kappa shape index (κ2) is 5.86. The highest BCUT2D eigenvalue weighted by molar-refractivity contribution is 5.94. The number of urea groups is 1. The number of imide groups is 1. The summed E-state index contributed by atoms with van der Waals surface area (Å²) in [7, 11) is 0. The van der Waals surface area contributed by atoms with Gasteiger partial charge in [0.25, 0.3) is 0 Å². The van der Waals surface area contributed by atoms with Crippen LogP contribution in [0.4, 0.5) is 10.6 Å². The number of aryl methyl sites for hydroxylation is 1. The number of rotatable bonds is 5. The predicted octanol–water partition coefficient (Wildman–Crippen LogP) is 0.322. The summed E-state index contributed by atoms with van der Waals surface area (Å²) in [4.78, 5) is 23.1. The van der Waals surface area contributed by atoms with Gasteiger partial charge in [0.1, 0.15) is 5.76 Å². The van der Waals surface area contributed by atoms with Gasteiger partial charge in [-0.1, -0.05) is 5.16 Å². The van der Waals surface area contributed by atoms with Crippen LogP contribution in [-0.2, 0) is 4.79 Å². The molecule has 0 bridgehead atoms. The Labute approximate surface area is 92.6 Å². The Morgan fingerprint density at radius 3 is 3.00 bits per heavy atom.